The number of nitrogens with zero attached hydrogens (tertiary/aromatic N) is 4. The molecule has 1 aliphatic heterocycles. The minimum Gasteiger partial charge on any atom is -0.341 e. The third-order valence-electron chi connectivity index (χ3n) is 5.48. The zero-order chi connectivity index (χ0) is 18.6. The Hall–Kier alpha value is -2.89. The van der Waals surface area contributed by atoms with Crippen LogP contribution in [0.1, 0.15) is 43.8 Å². The molecule has 4 rings (SSSR count). The van der Waals surface area contributed by atoms with Gasteiger partial charge in [-0.15, -0.1) is 0 Å². The number of benzene rings is 1. The molecule has 1 fully saturated rings. The van der Waals surface area contributed by atoms with Crippen LogP contribution in [-0.2, 0) is 4.79 Å². The van der Waals surface area contributed by atoms with E-state index < -0.39 is 0 Å². The van der Waals surface area contributed by atoms with E-state index in [-0.39, 0.29) is 11.9 Å². The molecule has 27 heavy (non-hydrogen) atoms. The third kappa shape index (κ3) is 3.52. The summed E-state index contributed by atoms with van der Waals surface area (Å²) >= 11 is 0. The van der Waals surface area contributed by atoms with E-state index >= 15 is 0 Å². The van der Waals surface area contributed by atoms with Gasteiger partial charge in [0.05, 0.1) is 6.20 Å². The first-order valence-corrected chi connectivity index (χ1v) is 9.64. The molecule has 0 saturated carbocycles. The summed E-state index contributed by atoms with van der Waals surface area (Å²) in [5.41, 5.74) is 3.54. The highest BCUT2D eigenvalue weighted by Gasteiger charge is 2.30. The molecule has 1 saturated heterocycles. The molecule has 1 aliphatic rings. The van der Waals surface area contributed by atoms with Gasteiger partial charge in [0.1, 0.15) is 6.04 Å². The second kappa shape index (κ2) is 7.78. The monoisotopic (exact) mass is 363 g/mol. The summed E-state index contributed by atoms with van der Waals surface area (Å²) < 4.78 is 1.77. The molecule has 1 N–H and O–H groups in total. The van der Waals surface area contributed by atoms with Gasteiger partial charge in [-0.3, -0.25) is 14.6 Å². The minimum absolute atomic E-state index is 0.174. The van der Waals surface area contributed by atoms with Crippen LogP contribution in [0.2, 0.25) is 0 Å². The number of hydrogen-bond donors (Lipinski definition) is 1. The molecule has 3 heterocycles. The van der Waals surface area contributed by atoms with Crippen LogP contribution in [0.3, 0.4) is 0 Å². The van der Waals surface area contributed by atoms with Crippen LogP contribution < -0.4 is 0 Å². The van der Waals surface area contributed by atoms with E-state index in [1.165, 1.54) is 16.8 Å². The Labute approximate surface area is 159 Å². The number of rotatable bonds is 5. The lowest BCUT2D eigenvalue weighted by Crippen LogP contribution is -2.42. The summed E-state index contributed by atoms with van der Waals surface area (Å²) in [4.78, 5) is 14.9. The Balaban J connectivity index is 1.44. The second-order valence-electron chi connectivity index (χ2n) is 7.07. The van der Waals surface area contributed by atoms with E-state index in [1.807, 2.05) is 48.5 Å². The fourth-order valence-corrected chi connectivity index (χ4v) is 3.99. The number of carbonyl (C=O) groups is 1. The predicted octanol–water partition coefficient (Wildman–Crippen LogP) is 3.63. The smallest absolute Gasteiger partial charge is 0.247 e. The number of amides is 1. The van der Waals surface area contributed by atoms with Crippen molar-refractivity contribution >= 4 is 5.91 Å². The van der Waals surface area contributed by atoms with Crippen molar-refractivity contribution in [1.82, 2.24) is 24.9 Å². The Morgan fingerprint density at radius 2 is 2.00 bits per heavy atom. The van der Waals surface area contributed by atoms with Crippen molar-refractivity contribution in [3.63, 3.8) is 0 Å². The lowest BCUT2D eigenvalue weighted by Gasteiger charge is -2.34. The SMILES string of the molecule is CC[C@H](C(=O)N1CCC(c2[nH]ncc2-c2ccccc2)CC1)n1cccn1. The number of carbonyl (C=O) groups excluding carboxylic acids is 1. The first kappa shape index (κ1) is 17.5. The number of piperidine rings is 1. The standard InChI is InChI=1S/C21H25N5O/c1-2-19(26-12-6-11-23-26)21(27)25-13-9-17(10-14-25)20-18(15-22-24-20)16-7-4-3-5-8-16/h3-8,11-12,15,17,19H,2,9-10,13-14H2,1H3,(H,22,24)/t19-/m1/s1. The molecular weight excluding hydrogens is 338 g/mol. The first-order chi connectivity index (χ1) is 13.3. The molecule has 0 unspecified atom stereocenters. The molecule has 6 heteroatoms. The molecule has 6 nitrogen and oxygen atoms in total. The maximum atomic E-state index is 13.0. The number of aromatic amines is 1. The van der Waals surface area contributed by atoms with Crippen molar-refractivity contribution in [1.29, 1.82) is 0 Å². The van der Waals surface area contributed by atoms with Crippen molar-refractivity contribution < 1.29 is 4.79 Å². The van der Waals surface area contributed by atoms with Gasteiger partial charge < -0.3 is 4.90 Å². The van der Waals surface area contributed by atoms with Gasteiger partial charge in [0.25, 0.3) is 0 Å². The van der Waals surface area contributed by atoms with Gasteiger partial charge >= 0.3 is 0 Å². The molecule has 0 spiro atoms. The molecular formula is C21H25N5O. The van der Waals surface area contributed by atoms with Gasteiger partial charge in [-0.25, -0.2) is 0 Å². The summed E-state index contributed by atoms with van der Waals surface area (Å²) in [6, 6.07) is 12.0. The Morgan fingerprint density at radius 1 is 1.22 bits per heavy atom. The van der Waals surface area contributed by atoms with Gasteiger partial charge in [-0.2, -0.15) is 10.2 Å². The van der Waals surface area contributed by atoms with Gasteiger partial charge in [-0.05, 0) is 30.9 Å². The summed E-state index contributed by atoms with van der Waals surface area (Å²) in [7, 11) is 0. The topological polar surface area (TPSA) is 66.8 Å². The molecule has 140 valence electrons. The molecule has 3 aromatic rings. The highest BCUT2D eigenvalue weighted by Crippen LogP contribution is 2.34. The third-order valence-corrected chi connectivity index (χ3v) is 5.48. The van der Waals surface area contributed by atoms with Crippen LogP contribution in [0, 0.1) is 0 Å². The fourth-order valence-electron chi connectivity index (χ4n) is 3.99. The lowest BCUT2D eigenvalue weighted by atomic mass is 9.89. The van der Waals surface area contributed by atoms with E-state index in [0.717, 1.165) is 32.4 Å². The Bertz CT molecular complexity index is 863. The summed E-state index contributed by atoms with van der Waals surface area (Å²) in [6.07, 6.45) is 8.15. The molecule has 2 aromatic heterocycles. The number of H-pyrrole nitrogens is 1. The normalized spacial score (nSPS) is 16.4. The largest absolute Gasteiger partial charge is 0.341 e. The maximum Gasteiger partial charge on any atom is 0.247 e. The average molecular weight is 363 g/mol. The molecule has 0 aliphatic carbocycles. The van der Waals surface area contributed by atoms with Crippen LogP contribution in [0.4, 0.5) is 0 Å². The van der Waals surface area contributed by atoms with Crippen molar-refractivity contribution in [3.8, 4) is 11.1 Å². The number of hydrogen-bond acceptors (Lipinski definition) is 3. The number of nitrogens with one attached hydrogen (secondary N) is 1. The number of aromatic nitrogens is 4. The van der Waals surface area contributed by atoms with Gasteiger partial charge in [0.15, 0.2) is 0 Å². The highest BCUT2D eigenvalue weighted by molar-refractivity contribution is 5.80. The zero-order valence-corrected chi connectivity index (χ0v) is 15.6. The Morgan fingerprint density at radius 3 is 2.67 bits per heavy atom. The quantitative estimate of drug-likeness (QED) is 0.753. The summed E-state index contributed by atoms with van der Waals surface area (Å²) in [5, 5.41) is 11.8. The van der Waals surface area contributed by atoms with Crippen molar-refractivity contribution in [3.05, 3.63) is 60.7 Å². The lowest BCUT2D eigenvalue weighted by molar-refractivity contribution is -0.136. The van der Waals surface area contributed by atoms with E-state index in [9.17, 15) is 4.79 Å². The van der Waals surface area contributed by atoms with Gasteiger partial charge in [-0.1, -0.05) is 37.3 Å². The minimum atomic E-state index is -0.205. The molecule has 1 aromatic carbocycles. The average Bonchev–Trinajstić information content (AvgIpc) is 3.42. The van der Waals surface area contributed by atoms with E-state index in [1.54, 1.807) is 10.9 Å². The summed E-state index contributed by atoms with van der Waals surface area (Å²) in [5.74, 6) is 0.573. The van der Waals surface area contributed by atoms with Crippen molar-refractivity contribution in [2.75, 3.05) is 13.1 Å². The van der Waals surface area contributed by atoms with Crippen molar-refractivity contribution in [2.24, 2.45) is 0 Å². The molecule has 1 amide bonds. The van der Waals surface area contributed by atoms with E-state index in [0.29, 0.717) is 5.92 Å². The van der Waals surface area contributed by atoms with E-state index in [2.05, 4.69) is 27.4 Å². The maximum absolute atomic E-state index is 13.0. The first-order valence-electron chi connectivity index (χ1n) is 9.64. The zero-order valence-electron chi connectivity index (χ0n) is 15.6. The van der Waals surface area contributed by atoms with E-state index in [4.69, 9.17) is 0 Å². The van der Waals surface area contributed by atoms with Crippen LogP contribution in [0.5, 0.6) is 0 Å². The number of likely N-dealkylation sites (tertiary alicyclic amines) is 1. The van der Waals surface area contributed by atoms with Crippen LogP contribution >= 0.6 is 0 Å². The van der Waals surface area contributed by atoms with Gasteiger partial charge in [0.2, 0.25) is 5.91 Å². The van der Waals surface area contributed by atoms with Gasteiger partial charge in [0, 0.05) is 42.7 Å². The molecule has 1 atom stereocenters. The fraction of sp³-hybridized carbons (Fsp3) is 0.381. The van der Waals surface area contributed by atoms with Crippen molar-refractivity contribution in [2.45, 2.75) is 38.1 Å². The summed E-state index contributed by atoms with van der Waals surface area (Å²) in [6.45, 7) is 3.58. The van der Waals surface area contributed by atoms with Crippen LogP contribution in [-0.4, -0.2) is 43.9 Å². The highest BCUT2D eigenvalue weighted by atomic mass is 16.2. The van der Waals surface area contributed by atoms with Crippen LogP contribution in [0.15, 0.2) is 55.0 Å². The molecule has 0 radical (unpaired) electrons. The Kier molecular flexibility index (Phi) is 5.05. The predicted molar refractivity (Wildman–Crippen MR) is 104 cm³/mol. The van der Waals surface area contributed by atoms with Crippen LogP contribution in [0.25, 0.3) is 11.1 Å². The molecule has 0 bridgehead atoms. The second-order valence-corrected chi connectivity index (χ2v) is 7.07.